The molecule has 2 heterocycles. The highest BCUT2D eigenvalue weighted by Gasteiger charge is 2.23. The zero-order valence-electron chi connectivity index (χ0n) is 14.5. The number of rotatable bonds is 7. The van der Waals surface area contributed by atoms with Gasteiger partial charge in [0.2, 0.25) is 15.9 Å². The van der Waals surface area contributed by atoms with Crippen molar-refractivity contribution < 1.29 is 17.9 Å². The predicted octanol–water partition coefficient (Wildman–Crippen LogP) is -0.212. The van der Waals surface area contributed by atoms with Crippen LogP contribution < -0.4 is 4.72 Å². The van der Waals surface area contributed by atoms with Crippen LogP contribution in [0.2, 0.25) is 0 Å². The number of hydrogen-bond acceptors (Lipinski definition) is 6. The number of aromatic nitrogens is 3. The Kier molecular flexibility index (Phi) is 5.64. The quantitative estimate of drug-likeness (QED) is 0.667. The van der Waals surface area contributed by atoms with Crippen LogP contribution in [0.15, 0.2) is 35.7 Å². The van der Waals surface area contributed by atoms with Gasteiger partial charge in [-0.25, -0.2) is 22.8 Å². The lowest BCUT2D eigenvalue weighted by Gasteiger charge is -2.29. The van der Waals surface area contributed by atoms with Gasteiger partial charge in [-0.3, -0.25) is 4.79 Å². The lowest BCUT2D eigenvalue weighted by Crippen LogP contribution is -2.38. The van der Waals surface area contributed by atoms with E-state index < -0.39 is 10.0 Å². The number of hydrogen-bond donors (Lipinski definition) is 1. The van der Waals surface area contributed by atoms with Crippen molar-refractivity contribution in [2.45, 2.75) is 24.4 Å². The highest BCUT2D eigenvalue weighted by Crippen LogP contribution is 2.22. The summed E-state index contributed by atoms with van der Waals surface area (Å²) in [6.07, 6.45) is 3.56. The van der Waals surface area contributed by atoms with E-state index in [9.17, 15) is 13.2 Å². The van der Waals surface area contributed by atoms with Crippen molar-refractivity contribution in [2.24, 2.45) is 0 Å². The van der Waals surface area contributed by atoms with E-state index in [-0.39, 0.29) is 23.9 Å². The summed E-state index contributed by atoms with van der Waals surface area (Å²) in [5, 5.41) is 3.94. The summed E-state index contributed by atoms with van der Waals surface area (Å²) in [6, 6.07) is 5.06. The van der Waals surface area contributed by atoms with Gasteiger partial charge >= 0.3 is 0 Å². The van der Waals surface area contributed by atoms with Crippen LogP contribution in [0.4, 0.5) is 0 Å². The van der Waals surface area contributed by atoms with Gasteiger partial charge in [-0.1, -0.05) is 6.07 Å². The summed E-state index contributed by atoms with van der Waals surface area (Å²) in [7, 11) is -2.09. The van der Waals surface area contributed by atoms with Gasteiger partial charge in [-0.2, -0.15) is 5.10 Å². The average molecular weight is 379 g/mol. The molecule has 0 unspecified atom stereocenters. The molecule has 9 nitrogen and oxygen atoms in total. The van der Waals surface area contributed by atoms with E-state index in [0.29, 0.717) is 26.1 Å². The third kappa shape index (κ3) is 4.26. The predicted molar refractivity (Wildman–Crippen MR) is 92.6 cm³/mol. The molecule has 0 saturated heterocycles. The molecule has 0 saturated carbocycles. The number of benzene rings is 1. The van der Waals surface area contributed by atoms with Gasteiger partial charge in [0.05, 0.1) is 11.5 Å². The van der Waals surface area contributed by atoms with Crippen LogP contribution in [0.1, 0.15) is 11.1 Å². The number of nitrogens with zero attached hydrogens (tertiary/aromatic N) is 4. The third-order valence-corrected chi connectivity index (χ3v) is 5.67. The Labute approximate surface area is 152 Å². The average Bonchev–Trinajstić information content (AvgIpc) is 3.14. The molecule has 1 aliphatic rings. The van der Waals surface area contributed by atoms with Gasteiger partial charge in [-0.05, 0) is 29.7 Å². The largest absolute Gasteiger partial charge is 0.383 e. The van der Waals surface area contributed by atoms with Gasteiger partial charge in [0.25, 0.3) is 0 Å². The van der Waals surface area contributed by atoms with Crippen LogP contribution >= 0.6 is 0 Å². The fraction of sp³-hybridized carbons (Fsp3) is 0.438. The molecule has 1 aromatic carbocycles. The first-order valence-corrected chi connectivity index (χ1v) is 9.68. The van der Waals surface area contributed by atoms with Crippen molar-refractivity contribution in [1.29, 1.82) is 0 Å². The Hall–Kier alpha value is -2.30. The molecule has 10 heteroatoms. The van der Waals surface area contributed by atoms with Crippen LogP contribution in [-0.2, 0) is 39.1 Å². The first-order chi connectivity index (χ1) is 12.5. The van der Waals surface area contributed by atoms with E-state index in [1.165, 1.54) is 24.4 Å². The summed E-state index contributed by atoms with van der Waals surface area (Å²) < 4.78 is 33.5. The minimum atomic E-state index is -3.60. The standard InChI is InChI=1S/C16H21N5O4S/c1-25-7-5-19-26(23,24)15-3-2-13-4-6-20(9-14(13)8-15)16(22)10-21-12-17-11-18-21/h2-3,8,11-12,19H,4-7,9-10H2,1H3. The molecule has 0 spiro atoms. The van der Waals surface area contributed by atoms with Crippen LogP contribution in [-0.4, -0.2) is 60.8 Å². The number of fused-ring (bicyclic) bond motifs is 1. The third-order valence-electron chi connectivity index (χ3n) is 4.22. The molecule has 1 aliphatic heterocycles. The van der Waals surface area contributed by atoms with Crippen molar-refractivity contribution >= 4 is 15.9 Å². The molecule has 1 N–H and O–H groups in total. The number of amides is 1. The molecule has 3 rings (SSSR count). The lowest BCUT2D eigenvalue weighted by molar-refractivity contribution is -0.133. The molecule has 26 heavy (non-hydrogen) atoms. The minimum absolute atomic E-state index is 0.0763. The van der Waals surface area contributed by atoms with E-state index >= 15 is 0 Å². The molecule has 0 aliphatic carbocycles. The summed E-state index contributed by atoms with van der Waals surface area (Å²) in [5.41, 5.74) is 1.91. The van der Waals surface area contributed by atoms with Crippen LogP contribution in [0.5, 0.6) is 0 Å². The van der Waals surface area contributed by atoms with Crippen LogP contribution in [0.25, 0.3) is 0 Å². The smallest absolute Gasteiger partial charge is 0.244 e. The Morgan fingerprint density at radius 1 is 1.35 bits per heavy atom. The molecule has 1 aromatic heterocycles. The first kappa shape index (κ1) is 18.5. The fourth-order valence-electron chi connectivity index (χ4n) is 2.83. The minimum Gasteiger partial charge on any atom is -0.383 e. The number of carbonyl (C=O) groups is 1. The second kappa shape index (κ2) is 7.94. The molecule has 0 bridgehead atoms. The SMILES string of the molecule is COCCNS(=O)(=O)c1ccc2c(c1)CN(C(=O)Cn1cncn1)CC2. The van der Waals surface area contributed by atoms with Crippen LogP contribution in [0, 0.1) is 0 Å². The Balaban J connectivity index is 1.72. The number of ether oxygens (including phenoxy) is 1. The molecule has 0 radical (unpaired) electrons. The molecule has 0 atom stereocenters. The van der Waals surface area contributed by atoms with Crippen LogP contribution in [0.3, 0.4) is 0 Å². The maximum Gasteiger partial charge on any atom is 0.244 e. The zero-order valence-corrected chi connectivity index (χ0v) is 15.3. The van der Waals surface area contributed by atoms with E-state index in [2.05, 4.69) is 14.8 Å². The Morgan fingerprint density at radius 2 is 2.19 bits per heavy atom. The summed E-state index contributed by atoms with van der Waals surface area (Å²) in [5.74, 6) is -0.0763. The van der Waals surface area contributed by atoms with E-state index in [4.69, 9.17) is 4.74 Å². The molecular weight excluding hydrogens is 358 g/mol. The second-order valence-electron chi connectivity index (χ2n) is 5.98. The number of methoxy groups -OCH3 is 1. The van der Waals surface area contributed by atoms with Crippen molar-refractivity contribution in [3.63, 3.8) is 0 Å². The van der Waals surface area contributed by atoms with Gasteiger partial charge in [-0.15, -0.1) is 0 Å². The number of carbonyl (C=O) groups excluding carboxylic acids is 1. The normalized spacial score (nSPS) is 14.3. The summed E-state index contributed by atoms with van der Waals surface area (Å²) in [4.78, 5) is 18.1. The molecule has 0 fully saturated rings. The van der Waals surface area contributed by atoms with E-state index in [1.807, 2.05) is 6.07 Å². The number of nitrogens with one attached hydrogen (secondary N) is 1. The molecule has 140 valence electrons. The van der Waals surface area contributed by atoms with E-state index in [1.54, 1.807) is 17.0 Å². The highest BCUT2D eigenvalue weighted by molar-refractivity contribution is 7.89. The fourth-order valence-corrected chi connectivity index (χ4v) is 3.89. The molecular formula is C16H21N5O4S. The first-order valence-electron chi connectivity index (χ1n) is 8.20. The maximum absolute atomic E-state index is 12.4. The monoisotopic (exact) mass is 379 g/mol. The zero-order chi connectivity index (χ0) is 18.6. The van der Waals surface area contributed by atoms with Gasteiger partial charge in [0.1, 0.15) is 19.2 Å². The summed E-state index contributed by atoms with van der Waals surface area (Å²) >= 11 is 0. The molecule has 2 aromatic rings. The summed E-state index contributed by atoms with van der Waals surface area (Å²) in [6.45, 7) is 1.60. The van der Waals surface area contributed by atoms with Crippen molar-refractivity contribution in [2.75, 3.05) is 26.8 Å². The van der Waals surface area contributed by atoms with Gasteiger partial charge < -0.3 is 9.64 Å². The second-order valence-corrected chi connectivity index (χ2v) is 7.75. The van der Waals surface area contributed by atoms with Gasteiger partial charge in [0, 0.05) is 26.7 Å². The van der Waals surface area contributed by atoms with Crippen molar-refractivity contribution in [3.8, 4) is 0 Å². The van der Waals surface area contributed by atoms with Crippen molar-refractivity contribution in [1.82, 2.24) is 24.4 Å². The Bertz CT molecular complexity index is 867. The van der Waals surface area contributed by atoms with Gasteiger partial charge in [0.15, 0.2) is 0 Å². The number of sulfonamides is 1. The molecule has 1 amide bonds. The highest BCUT2D eigenvalue weighted by atomic mass is 32.2. The van der Waals surface area contributed by atoms with E-state index in [0.717, 1.165) is 11.1 Å². The maximum atomic E-state index is 12.4. The Morgan fingerprint density at radius 3 is 2.92 bits per heavy atom. The van der Waals surface area contributed by atoms with Crippen molar-refractivity contribution in [3.05, 3.63) is 42.0 Å². The lowest BCUT2D eigenvalue weighted by atomic mass is 10.00. The topological polar surface area (TPSA) is 106 Å².